The molecule has 0 saturated heterocycles. The summed E-state index contributed by atoms with van der Waals surface area (Å²) < 4.78 is 5.27. The minimum absolute atomic E-state index is 0.274. The molecule has 0 aliphatic heterocycles. The van der Waals surface area contributed by atoms with E-state index in [-0.39, 0.29) is 10.8 Å². The van der Waals surface area contributed by atoms with Gasteiger partial charge in [0.15, 0.2) is 0 Å². The number of nitrogens with two attached hydrogens (primary N) is 1. The van der Waals surface area contributed by atoms with Crippen LogP contribution < -0.4 is 16.6 Å². The molecular formula is C13H28N4O. The number of nitrogens with one attached hydrogen (secondary N) is 2. The first-order valence-corrected chi connectivity index (χ1v) is 6.73. The van der Waals surface area contributed by atoms with Crippen LogP contribution in [0.1, 0.15) is 41.0 Å². The van der Waals surface area contributed by atoms with Gasteiger partial charge in [0.05, 0.1) is 0 Å². The molecule has 1 fully saturated rings. The maximum atomic E-state index is 5.49. The van der Waals surface area contributed by atoms with Crippen molar-refractivity contribution in [1.29, 1.82) is 0 Å². The standard InChI is InChI=1S/C13H28N4O/c1-6-18-9-7-8-15-11(17-14)16-10-12(2,3)13(10,4)5/h10H,6-9,14H2,1-5H3,(H2,15,16,17). The van der Waals surface area contributed by atoms with E-state index in [0.717, 1.165) is 26.2 Å². The summed E-state index contributed by atoms with van der Waals surface area (Å²) >= 11 is 0. The predicted octanol–water partition coefficient (Wildman–Crippen LogP) is 1.26. The van der Waals surface area contributed by atoms with Gasteiger partial charge in [0, 0.05) is 25.8 Å². The van der Waals surface area contributed by atoms with E-state index in [4.69, 9.17) is 10.6 Å². The molecule has 0 aromatic heterocycles. The number of aliphatic imine (C=N–C) groups is 1. The van der Waals surface area contributed by atoms with Crippen LogP contribution in [0.25, 0.3) is 0 Å². The lowest BCUT2D eigenvalue weighted by Gasteiger charge is -2.10. The van der Waals surface area contributed by atoms with Crippen LogP contribution in [-0.4, -0.2) is 31.8 Å². The highest BCUT2D eigenvalue weighted by Gasteiger charge is 2.65. The van der Waals surface area contributed by atoms with Crippen LogP contribution in [0.2, 0.25) is 0 Å². The summed E-state index contributed by atoms with van der Waals surface area (Å²) in [6.07, 6.45) is 0.915. The molecule has 0 unspecified atom stereocenters. The second kappa shape index (κ2) is 5.89. The van der Waals surface area contributed by atoms with Crippen LogP contribution in [0, 0.1) is 10.8 Å². The minimum atomic E-state index is 0.274. The largest absolute Gasteiger partial charge is 0.382 e. The summed E-state index contributed by atoms with van der Waals surface area (Å²) in [6, 6.07) is 0.409. The highest BCUT2D eigenvalue weighted by atomic mass is 16.5. The molecule has 106 valence electrons. The Morgan fingerprint density at radius 2 is 1.89 bits per heavy atom. The number of ether oxygens (including phenoxy) is 1. The molecule has 1 saturated carbocycles. The van der Waals surface area contributed by atoms with Crippen LogP contribution >= 0.6 is 0 Å². The van der Waals surface area contributed by atoms with Crippen LogP contribution in [0.5, 0.6) is 0 Å². The number of nitrogens with zero attached hydrogens (tertiary/aromatic N) is 1. The molecule has 5 heteroatoms. The molecule has 18 heavy (non-hydrogen) atoms. The SMILES string of the molecule is CCOCCCN=C(NN)NC1C(C)(C)C1(C)C. The molecule has 1 rings (SSSR count). The van der Waals surface area contributed by atoms with Crippen LogP contribution in [0.4, 0.5) is 0 Å². The quantitative estimate of drug-likeness (QED) is 0.220. The Hall–Kier alpha value is -0.810. The van der Waals surface area contributed by atoms with Gasteiger partial charge in [-0.25, -0.2) is 5.84 Å². The zero-order chi connectivity index (χ0) is 13.8. The highest BCUT2D eigenvalue weighted by Crippen LogP contribution is 2.62. The average molecular weight is 256 g/mol. The van der Waals surface area contributed by atoms with Crippen molar-refractivity contribution in [2.45, 2.75) is 47.1 Å². The van der Waals surface area contributed by atoms with Gasteiger partial charge in [-0.15, -0.1) is 0 Å². The lowest BCUT2D eigenvalue weighted by atomic mass is 10.0. The zero-order valence-electron chi connectivity index (χ0n) is 12.3. The molecule has 0 heterocycles. The fourth-order valence-corrected chi connectivity index (χ4v) is 2.33. The molecule has 0 atom stereocenters. The maximum Gasteiger partial charge on any atom is 0.205 e. The fraction of sp³-hybridized carbons (Fsp3) is 0.923. The Labute approximate surface area is 111 Å². The Bertz CT molecular complexity index is 285. The van der Waals surface area contributed by atoms with Gasteiger partial charge >= 0.3 is 0 Å². The third-order valence-electron chi connectivity index (χ3n) is 4.36. The van der Waals surface area contributed by atoms with Crippen molar-refractivity contribution >= 4 is 5.96 Å². The highest BCUT2D eigenvalue weighted by molar-refractivity contribution is 5.80. The Kier molecular flexibility index (Phi) is 4.99. The Morgan fingerprint density at radius 3 is 2.33 bits per heavy atom. The summed E-state index contributed by atoms with van der Waals surface area (Å²) in [5, 5.41) is 3.39. The van der Waals surface area contributed by atoms with Crippen molar-refractivity contribution in [3.63, 3.8) is 0 Å². The van der Waals surface area contributed by atoms with E-state index >= 15 is 0 Å². The molecular weight excluding hydrogens is 228 g/mol. The van der Waals surface area contributed by atoms with E-state index in [1.165, 1.54) is 0 Å². The third-order valence-corrected chi connectivity index (χ3v) is 4.36. The van der Waals surface area contributed by atoms with Gasteiger partial charge in [0.2, 0.25) is 5.96 Å². The van der Waals surface area contributed by atoms with E-state index in [9.17, 15) is 0 Å². The van der Waals surface area contributed by atoms with Gasteiger partial charge < -0.3 is 10.1 Å². The van der Waals surface area contributed by atoms with Gasteiger partial charge in [-0.3, -0.25) is 10.4 Å². The van der Waals surface area contributed by atoms with E-state index in [1.54, 1.807) is 0 Å². The molecule has 1 aliphatic carbocycles. The number of hydrazine groups is 1. The fourth-order valence-electron chi connectivity index (χ4n) is 2.33. The van der Waals surface area contributed by atoms with Gasteiger partial charge in [0.1, 0.15) is 0 Å². The average Bonchev–Trinajstić information content (AvgIpc) is 2.69. The van der Waals surface area contributed by atoms with E-state index in [1.807, 2.05) is 6.92 Å². The van der Waals surface area contributed by atoms with Crippen LogP contribution in [0.15, 0.2) is 4.99 Å². The van der Waals surface area contributed by atoms with Crippen molar-refractivity contribution < 1.29 is 4.74 Å². The number of hydrogen-bond donors (Lipinski definition) is 3. The monoisotopic (exact) mass is 256 g/mol. The van der Waals surface area contributed by atoms with Crippen molar-refractivity contribution in [1.82, 2.24) is 10.7 Å². The Balaban J connectivity index is 2.37. The van der Waals surface area contributed by atoms with E-state index in [0.29, 0.717) is 12.0 Å². The van der Waals surface area contributed by atoms with Crippen LogP contribution in [0.3, 0.4) is 0 Å². The first-order valence-electron chi connectivity index (χ1n) is 6.73. The van der Waals surface area contributed by atoms with E-state index < -0.39 is 0 Å². The van der Waals surface area contributed by atoms with Gasteiger partial charge in [-0.05, 0) is 24.2 Å². The van der Waals surface area contributed by atoms with Crippen molar-refractivity contribution in [3.8, 4) is 0 Å². The lowest BCUT2D eigenvalue weighted by Crippen LogP contribution is -2.44. The molecule has 0 bridgehead atoms. The van der Waals surface area contributed by atoms with Gasteiger partial charge in [-0.2, -0.15) is 0 Å². The van der Waals surface area contributed by atoms with Crippen molar-refractivity contribution in [2.75, 3.05) is 19.8 Å². The first-order chi connectivity index (χ1) is 8.37. The number of hydrogen-bond acceptors (Lipinski definition) is 3. The normalized spacial score (nSPS) is 21.8. The van der Waals surface area contributed by atoms with Gasteiger partial charge in [-0.1, -0.05) is 27.7 Å². The minimum Gasteiger partial charge on any atom is -0.382 e. The molecule has 0 aromatic carbocycles. The lowest BCUT2D eigenvalue weighted by molar-refractivity contribution is 0.146. The molecule has 1 aliphatic rings. The van der Waals surface area contributed by atoms with Crippen molar-refractivity contribution in [2.24, 2.45) is 21.7 Å². The molecule has 0 amide bonds. The zero-order valence-corrected chi connectivity index (χ0v) is 12.3. The smallest absolute Gasteiger partial charge is 0.205 e. The first kappa shape index (κ1) is 15.2. The summed E-state index contributed by atoms with van der Waals surface area (Å²) in [7, 11) is 0. The summed E-state index contributed by atoms with van der Waals surface area (Å²) in [5.74, 6) is 6.17. The summed E-state index contributed by atoms with van der Waals surface area (Å²) in [5.41, 5.74) is 3.19. The maximum absolute atomic E-state index is 5.49. The van der Waals surface area contributed by atoms with E-state index in [2.05, 4.69) is 43.4 Å². The number of guanidine groups is 1. The topological polar surface area (TPSA) is 71.7 Å². The third kappa shape index (κ3) is 3.14. The Morgan fingerprint density at radius 1 is 1.28 bits per heavy atom. The van der Waals surface area contributed by atoms with Gasteiger partial charge in [0.25, 0.3) is 0 Å². The second-order valence-corrected chi connectivity index (χ2v) is 5.95. The van der Waals surface area contributed by atoms with Crippen molar-refractivity contribution in [3.05, 3.63) is 0 Å². The molecule has 0 aromatic rings. The molecule has 0 radical (unpaired) electrons. The van der Waals surface area contributed by atoms with Crippen LogP contribution in [-0.2, 0) is 4.74 Å². The summed E-state index contributed by atoms with van der Waals surface area (Å²) in [4.78, 5) is 4.41. The molecule has 0 spiro atoms. The second-order valence-electron chi connectivity index (χ2n) is 5.95. The molecule has 5 nitrogen and oxygen atoms in total. The number of rotatable bonds is 6. The summed E-state index contributed by atoms with van der Waals surface area (Å²) in [6.45, 7) is 13.3. The molecule has 4 N–H and O–H groups in total. The predicted molar refractivity (Wildman–Crippen MR) is 75.2 cm³/mol.